The molecule has 1 rings (SSSR count). The third kappa shape index (κ3) is 2.74. The number of hydrogen-bond acceptors (Lipinski definition) is 4. The smallest absolute Gasteiger partial charge is 0.161 e. The fourth-order valence-electron chi connectivity index (χ4n) is 1.54. The normalized spacial score (nSPS) is 11.9. The van der Waals surface area contributed by atoms with Crippen molar-refractivity contribution in [2.24, 2.45) is 5.84 Å². The second-order valence-corrected chi connectivity index (χ2v) is 3.36. The summed E-state index contributed by atoms with van der Waals surface area (Å²) in [5.41, 5.74) is 3.78. The predicted molar refractivity (Wildman–Crippen MR) is 64.4 cm³/mol. The maximum atomic E-state index is 5.48. The first-order chi connectivity index (χ1) is 7.76. The Balaban J connectivity index is 3.00. The zero-order chi connectivity index (χ0) is 12.0. The van der Waals surface area contributed by atoms with Crippen LogP contribution in [-0.2, 0) is 0 Å². The minimum atomic E-state index is 0.0392. The van der Waals surface area contributed by atoms with Crippen LogP contribution in [0.15, 0.2) is 30.9 Å². The molecular weight excluding hydrogens is 204 g/mol. The largest absolute Gasteiger partial charge is 0.493 e. The Morgan fingerprint density at radius 2 is 2.06 bits per heavy atom. The van der Waals surface area contributed by atoms with Crippen LogP contribution < -0.4 is 20.7 Å². The van der Waals surface area contributed by atoms with Gasteiger partial charge in [0.1, 0.15) is 0 Å². The standard InChI is InChI=1S/C12H18N2O2/c1-4-5-10(14-13)9-6-7-11(15-2)12(8-9)16-3/h4,6-8,10,14H,1,5,13H2,2-3H3. The van der Waals surface area contributed by atoms with E-state index in [4.69, 9.17) is 15.3 Å². The van der Waals surface area contributed by atoms with Gasteiger partial charge in [0.25, 0.3) is 0 Å². The number of methoxy groups -OCH3 is 2. The zero-order valence-corrected chi connectivity index (χ0v) is 9.69. The molecule has 0 spiro atoms. The van der Waals surface area contributed by atoms with Crippen LogP contribution in [0, 0.1) is 0 Å². The first-order valence-electron chi connectivity index (χ1n) is 5.05. The third-order valence-electron chi connectivity index (χ3n) is 2.41. The van der Waals surface area contributed by atoms with Gasteiger partial charge >= 0.3 is 0 Å². The minimum absolute atomic E-state index is 0.0392. The molecule has 0 saturated heterocycles. The van der Waals surface area contributed by atoms with E-state index in [1.807, 2.05) is 24.3 Å². The maximum Gasteiger partial charge on any atom is 0.161 e. The molecule has 0 bridgehead atoms. The van der Waals surface area contributed by atoms with Crippen molar-refractivity contribution in [1.82, 2.24) is 5.43 Å². The van der Waals surface area contributed by atoms with Gasteiger partial charge in [-0.3, -0.25) is 11.3 Å². The molecule has 0 aliphatic rings. The SMILES string of the molecule is C=CCC(NN)c1ccc(OC)c(OC)c1. The van der Waals surface area contributed by atoms with E-state index in [-0.39, 0.29) is 6.04 Å². The van der Waals surface area contributed by atoms with Gasteiger partial charge in [-0.15, -0.1) is 6.58 Å². The first kappa shape index (κ1) is 12.5. The van der Waals surface area contributed by atoms with Crippen molar-refractivity contribution < 1.29 is 9.47 Å². The fourth-order valence-corrected chi connectivity index (χ4v) is 1.54. The third-order valence-corrected chi connectivity index (χ3v) is 2.41. The van der Waals surface area contributed by atoms with Crippen molar-refractivity contribution in [3.63, 3.8) is 0 Å². The zero-order valence-electron chi connectivity index (χ0n) is 9.69. The van der Waals surface area contributed by atoms with Crippen molar-refractivity contribution in [3.05, 3.63) is 36.4 Å². The van der Waals surface area contributed by atoms with E-state index in [0.717, 1.165) is 12.0 Å². The molecule has 16 heavy (non-hydrogen) atoms. The van der Waals surface area contributed by atoms with E-state index in [1.165, 1.54) is 0 Å². The Morgan fingerprint density at radius 3 is 2.56 bits per heavy atom. The molecule has 1 aromatic carbocycles. The van der Waals surface area contributed by atoms with Crippen LogP contribution >= 0.6 is 0 Å². The van der Waals surface area contributed by atoms with E-state index in [1.54, 1.807) is 14.2 Å². The molecule has 1 unspecified atom stereocenters. The highest BCUT2D eigenvalue weighted by Crippen LogP contribution is 2.30. The number of ether oxygens (including phenoxy) is 2. The number of nitrogens with one attached hydrogen (secondary N) is 1. The second-order valence-electron chi connectivity index (χ2n) is 3.36. The van der Waals surface area contributed by atoms with Gasteiger partial charge < -0.3 is 9.47 Å². The van der Waals surface area contributed by atoms with Gasteiger partial charge in [-0.2, -0.15) is 0 Å². The highest BCUT2D eigenvalue weighted by Gasteiger charge is 2.11. The molecular formula is C12H18N2O2. The van der Waals surface area contributed by atoms with E-state index >= 15 is 0 Å². The molecule has 0 amide bonds. The summed E-state index contributed by atoms with van der Waals surface area (Å²) in [5.74, 6) is 6.89. The number of rotatable bonds is 6. The van der Waals surface area contributed by atoms with Gasteiger partial charge in [-0.05, 0) is 24.1 Å². The number of hydrazine groups is 1. The minimum Gasteiger partial charge on any atom is -0.493 e. The van der Waals surface area contributed by atoms with Gasteiger partial charge in [0, 0.05) is 6.04 Å². The van der Waals surface area contributed by atoms with Gasteiger partial charge in [-0.25, -0.2) is 0 Å². The molecule has 0 heterocycles. The molecule has 88 valence electrons. The summed E-state index contributed by atoms with van der Waals surface area (Å²) in [4.78, 5) is 0. The van der Waals surface area contributed by atoms with Crippen LogP contribution in [0.25, 0.3) is 0 Å². The summed E-state index contributed by atoms with van der Waals surface area (Å²) in [5, 5.41) is 0. The van der Waals surface area contributed by atoms with E-state index in [0.29, 0.717) is 11.5 Å². The topological polar surface area (TPSA) is 56.5 Å². The highest BCUT2D eigenvalue weighted by atomic mass is 16.5. The molecule has 0 radical (unpaired) electrons. The first-order valence-corrected chi connectivity index (χ1v) is 5.05. The van der Waals surface area contributed by atoms with Crippen LogP contribution in [0.5, 0.6) is 11.5 Å². The van der Waals surface area contributed by atoms with E-state index in [2.05, 4.69) is 12.0 Å². The average Bonchev–Trinajstić information content (AvgIpc) is 2.35. The monoisotopic (exact) mass is 222 g/mol. The Kier molecular flexibility index (Phi) is 4.82. The molecule has 0 saturated carbocycles. The van der Waals surface area contributed by atoms with Crippen molar-refractivity contribution in [2.75, 3.05) is 14.2 Å². The molecule has 1 aromatic rings. The Morgan fingerprint density at radius 1 is 1.38 bits per heavy atom. The van der Waals surface area contributed by atoms with E-state index in [9.17, 15) is 0 Å². The van der Waals surface area contributed by atoms with Crippen LogP contribution in [0.2, 0.25) is 0 Å². The summed E-state index contributed by atoms with van der Waals surface area (Å²) in [6.07, 6.45) is 2.58. The molecule has 0 aliphatic heterocycles. The quantitative estimate of drug-likeness (QED) is 0.437. The number of nitrogens with two attached hydrogens (primary N) is 1. The summed E-state index contributed by atoms with van der Waals surface area (Å²) >= 11 is 0. The number of benzene rings is 1. The molecule has 4 heteroatoms. The summed E-state index contributed by atoms with van der Waals surface area (Å²) in [6, 6.07) is 5.77. The second kappa shape index (κ2) is 6.15. The Hall–Kier alpha value is -1.52. The van der Waals surface area contributed by atoms with Crippen molar-refractivity contribution in [3.8, 4) is 11.5 Å². The van der Waals surface area contributed by atoms with Crippen LogP contribution in [0.3, 0.4) is 0 Å². The lowest BCUT2D eigenvalue weighted by Gasteiger charge is -2.16. The lowest BCUT2D eigenvalue weighted by Crippen LogP contribution is -2.27. The predicted octanol–water partition coefficient (Wildman–Crippen LogP) is 1.78. The van der Waals surface area contributed by atoms with Crippen molar-refractivity contribution >= 4 is 0 Å². The average molecular weight is 222 g/mol. The van der Waals surface area contributed by atoms with Crippen LogP contribution in [0.1, 0.15) is 18.0 Å². The Labute approximate surface area is 96.0 Å². The van der Waals surface area contributed by atoms with Crippen molar-refractivity contribution in [2.45, 2.75) is 12.5 Å². The Bertz CT molecular complexity index is 353. The van der Waals surface area contributed by atoms with Crippen molar-refractivity contribution in [1.29, 1.82) is 0 Å². The van der Waals surface area contributed by atoms with Crippen LogP contribution in [-0.4, -0.2) is 14.2 Å². The molecule has 3 N–H and O–H groups in total. The van der Waals surface area contributed by atoms with Gasteiger partial charge in [-0.1, -0.05) is 12.1 Å². The maximum absolute atomic E-state index is 5.48. The van der Waals surface area contributed by atoms with Gasteiger partial charge in [0.15, 0.2) is 11.5 Å². The molecule has 0 fully saturated rings. The van der Waals surface area contributed by atoms with Crippen LogP contribution in [0.4, 0.5) is 0 Å². The summed E-state index contributed by atoms with van der Waals surface area (Å²) in [6.45, 7) is 3.70. The lowest BCUT2D eigenvalue weighted by molar-refractivity contribution is 0.354. The number of hydrogen-bond donors (Lipinski definition) is 2. The van der Waals surface area contributed by atoms with Gasteiger partial charge in [0.2, 0.25) is 0 Å². The van der Waals surface area contributed by atoms with Gasteiger partial charge in [0.05, 0.1) is 14.2 Å². The van der Waals surface area contributed by atoms with E-state index < -0.39 is 0 Å². The fraction of sp³-hybridized carbons (Fsp3) is 0.333. The summed E-state index contributed by atoms with van der Waals surface area (Å²) in [7, 11) is 3.22. The molecule has 0 aliphatic carbocycles. The molecule has 4 nitrogen and oxygen atoms in total. The highest BCUT2D eigenvalue weighted by molar-refractivity contribution is 5.43. The lowest BCUT2D eigenvalue weighted by atomic mass is 10.0. The molecule has 0 aromatic heterocycles. The molecule has 1 atom stereocenters. The summed E-state index contributed by atoms with van der Waals surface area (Å²) < 4.78 is 10.4.